The fraction of sp³-hybridized carbons (Fsp3) is 0.278. The first-order valence-corrected chi connectivity index (χ1v) is 7.18. The van der Waals surface area contributed by atoms with Gasteiger partial charge in [0.1, 0.15) is 5.75 Å². The summed E-state index contributed by atoms with van der Waals surface area (Å²) in [4.78, 5) is 12.8. The van der Waals surface area contributed by atoms with Crippen molar-refractivity contribution in [3.05, 3.63) is 65.7 Å². The smallest absolute Gasteiger partial charge is 0.175 e. The molecule has 110 valence electrons. The Kier molecular flexibility index (Phi) is 5.12. The van der Waals surface area contributed by atoms with E-state index in [-0.39, 0.29) is 24.3 Å². The third kappa shape index (κ3) is 3.70. The minimum absolute atomic E-state index is 0.0000463. The highest BCUT2D eigenvalue weighted by Crippen LogP contribution is 2.26. The van der Waals surface area contributed by atoms with Crippen molar-refractivity contribution in [1.82, 2.24) is 0 Å². The van der Waals surface area contributed by atoms with Gasteiger partial charge in [-0.15, -0.1) is 0 Å². The lowest BCUT2D eigenvalue weighted by Gasteiger charge is -2.18. The number of rotatable bonds is 6. The Hall–Kier alpha value is -2.13. The van der Waals surface area contributed by atoms with Crippen LogP contribution in [-0.4, -0.2) is 18.4 Å². The van der Waals surface area contributed by atoms with E-state index in [1.165, 1.54) is 0 Å². The lowest BCUT2D eigenvalue weighted by Crippen LogP contribution is -2.22. The lowest BCUT2D eigenvalue weighted by molar-refractivity contribution is 0.0956. The zero-order valence-electron chi connectivity index (χ0n) is 12.5. The second-order valence-electron chi connectivity index (χ2n) is 5.23. The van der Waals surface area contributed by atoms with E-state index < -0.39 is 0 Å². The van der Waals surface area contributed by atoms with Crippen LogP contribution in [0, 0.1) is 0 Å². The van der Waals surface area contributed by atoms with Crippen molar-refractivity contribution in [3.63, 3.8) is 0 Å². The number of ketones is 1. The first-order chi connectivity index (χ1) is 10.1. The topological polar surface area (TPSA) is 52.3 Å². The summed E-state index contributed by atoms with van der Waals surface area (Å²) in [7, 11) is 0. The molecule has 1 atom stereocenters. The predicted octanol–water partition coefficient (Wildman–Crippen LogP) is 3.40. The summed E-state index contributed by atoms with van der Waals surface area (Å²) in [6.07, 6.45) is 0.0204. The summed E-state index contributed by atoms with van der Waals surface area (Å²) < 4.78 is 5.74. The average molecular weight is 283 g/mol. The number of Topliss-reactive ketones (excluding diaryl/α,β-unsaturated/α-hetero) is 1. The molecule has 2 aromatic rings. The van der Waals surface area contributed by atoms with Crippen LogP contribution in [0.1, 0.15) is 35.7 Å². The Bertz CT molecular complexity index is 593. The molecule has 0 saturated heterocycles. The number of para-hydroxylation sites is 1. The number of carbonyl (C=O) groups excluding carboxylic acids is 1. The van der Waals surface area contributed by atoms with Gasteiger partial charge in [0.25, 0.3) is 0 Å². The highest BCUT2D eigenvalue weighted by Gasteiger charge is 2.23. The Balaban J connectivity index is 2.34. The second-order valence-corrected chi connectivity index (χ2v) is 5.23. The van der Waals surface area contributed by atoms with E-state index in [1.54, 1.807) is 6.07 Å². The molecule has 0 bridgehead atoms. The van der Waals surface area contributed by atoms with Crippen LogP contribution in [0.2, 0.25) is 0 Å². The zero-order chi connectivity index (χ0) is 15.2. The first kappa shape index (κ1) is 15.3. The van der Waals surface area contributed by atoms with Crippen LogP contribution in [-0.2, 0) is 0 Å². The van der Waals surface area contributed by atoms with Gasteiger partial charge in [-0.05, 0) is 31.5 Å². The van der Waals surface area contributed by atoms with Crippen LogP contribution in [0.15, 0.2) is 54.6 Å². The van der Waals surface area contributed by atoms with E-state index in [9.17, 15) is 4.79 Å². The summed E-state index contributed by atoms with van der Waals surface area (Å²) in [5.41, 5.74) is 7.36. The van der Waals surface area contributed by atoms with Crippen molar-refractivity contribution >= 4 is 5.78 Å². The minimum atomic E-state index is -0.344. The molecule has 21 heavy (non-hydrogen) atoms. The second kappa shape index (κ2) is 7.04. The van der Waals surface area contributed by atoms with Crippen LogP contribution < -0.4 is 10.5 Å². The summed E-state index contributed by atoms with van der Waals surface area (Å²) in [6, 6.07) is 17.0. The van der Waals surface area contributed by atoms with Gasteiger partial charge in [0, 0.05) is 6.54 Å². The molecule has 0 aromatic heterocycles. The molecule has 0 amide bonds. The predicted molar refractivity (Wildman–Crippen MR) is 84.8 cm³/mol. The van der Waals surface area contributed by atoms with Gasteiger partial charge in [0.05, 0.1) is 17.6 Å². The molecule has 3 nitrogen and oxygen atoms in total. The van der Waals surface area contributed by atoms with Crippen molar-refractivity contribution < 1.29 is 9.53 Å². The van der Waals surface area contributed by atoms with Crippen molar-refractivity contribution in [2.45, 2.75) is 25.9 Å². The Morgan fingerprint density at radius 2 is 1.67 bits per heavy atom. The SMILES string of the molecule is CC(C)Oc1ccccc1C(=O)C(CN)c1ccccc1. The van der Waals surface area contributed by atoms with E-state index in [2.05, 4.69) is 0 Å². The number of hydrogen-bond donors (Lipinski definition) is 1. The quantitative estimate of drug-likeness (QED) is 0.827. The summed E-state index contributed by atoms with van der Waals surface area (Å²) >= 11 is 0. The molecule has 2 aromatic carbocycles. The third-order valence-corrected chi connectivity index (χ3v) is 3.27. The number of benzene rings is 2. The van der Waals surface area contributed by atoms with Crippen LogP contribution in [0.3, 0.4) is 0 Å². The van der Waals surface area contributed by atoms with Gasteiger partial charge < -0.3 is 10.5 Å². The van der Waals surface area contributed by atoms with Gasteiger partial charge >= 0.3 is 0 Å². The number of carbonyl (C=O) groups is 1. The van der Waals surface area contributed by atoms with Crippen molar-refractivity contribution in [3.8, 4) is 5.75 Å². The summed E-state index contributed by atoms with van der Waals surface area (Å²) in [5.74, 6) is 0.273. The van der Waals surface area contributed by atoms with Gasteiger partial charge in [-0.1, -0.05) is 42.5 Å². The molecule has 0 aliphatic rings. The van der Waals surface area contributed by atoms with E-state index >= 15 is 0 Å². The molecule has 2 rings (SSSR count). The largest absolute Gasteiger partial charge is 0.490 e. The molecule has 0 fully saturated rings. The lowest BCUT2D eigenvalue weighted by atomic mass is 9.90. The maximum absolute atomic E-state index is 12.8. The van der Waals surface area contributed by atoms with Gasteiger partial charge in [-0.2, -0.15) is 0 Å². The highest BCUT2D eigenvalue weighted by atomic mass is 16.5. The van der Waals surface area contributed by atoms with Crippen LogP contribution in [0.5, 0.6) is 5.75 Å². The fourth-order valence-electron chi connectivity index (χ4n) is 2.29. The summed E-state index contributed by atoms with van der Waals surface area (Å²) in [6.45, 7) is 4.16. The molecule has 2 N–H and O–H groups in total. The zero-order valence-corrected chi connectivity index (χ0v) is 12.5. The van der Waals surface area contributed by atoms with Crippen LogP contribution in [0.25, 0.3) is 0 Å². The minimum Gasteiger partial charge on any atom is -0.490 e. The average Bonchev–Trinajstić information content (AvgIpc) is 2.49. The van der Waals surface area contributed by atoms with Gasteiger partial charge in [-0.3, -0.25) is 4.79 Å². The van der Waals surface area contributed by atoms with E-state index in [4.69, 9.17) is 10.5 Å². The molecular weight excluding hydrogens is 262 g/mol. The maximum Gasteiger partial charge on any atom is 0.175 e. The standard InChI is InChI=1S/C18H21NO2/c1-13(2)21-17-11-7-6-10-15(17)18(20)16(12-19)14-8-4-3-5-9-14/h3-11,13,16H,12,19H2,1-2H3. The molecular formula is C18H21NO2. The fourth-order valence-corrected chi connectivity index (χ4v) is 2.29. The molecule has 0 spiro atoms. The van der Waals surface area contributed by atoms with Crippen molar-refractivity contribution in [1.29, 1.82) is 0 Å². The molecule has 0 aliphatic heterocycles. The molecule has 0 heterocycles. The number of hydrogen-bond acceptors (Lipinski definition) is 3. The van der Waals surface area contributed by atoms with Crippen LogP contribution >= 0.6 is 0 Å². The maximum atomic E-state index is 12.8. The van der Waals surface area contributed by atoms with Gasteiger partial charge in [0.15, 0.2) is 5.78 Å². The third-order valence-electron chi connectivity index (χ3n) is 3.27. The molecule has 3 heteroatoms. The normalized spacial score (nSPS) is 12.2. The van der Waals surface area contributed by atoms with Crippen molar-refractivity contribution in [2.75, 3.05) is 6.54 Å². The van der Waals surface area contributed by atoms with E-state index in [0.29, 0.717) is 11.3 Å². The van der Waals surface area contributed by atoms with Crippen molar-refractivity contribution in [2.24, 2.45) is 5.73 Å². The number of ether oxygens (including phenoxy) is 1. The molecule has 0 aliphatic carbocycles. The van der Waals surface area contributed by atoms with E-state index in [1.807, 2.05) is 62.4 Å². The van der Waals surface area contributed by atoms with Gasteiger partial charge in [0.2, 0.25) is 0 Å². The number of nitrogens with two attached hydrogens (primary N) is 1. The monoisotopic (exact) mass is 283 g/mol. The molecule has 1 unspecified atom stereocenters. The molecule has 0 saturated carbocycles. The Morgan fingerprint density at radius 1 is 1.05 bits per heavy atom. The Labute approximate surface area is 125 Å². The summed E-state index contributed by atoms with van der Waals surface area (Å²) in [5, 5.41) is 0. The van der Waals surface area contributed by atoms with Gasteiger partial charge in [-0.25, -0.2) is 0 Å². The Morgan fingerprint density at radius 3 is 2.29 bits per heavy atom. The first-order valence-electron chi connectivity index (χ1n) is 7.18. The molecule has 0 radical (unpaired) electrons. The van der Waals surface area contributed by atoms with Crippen LogP contribution in [0.4, 0.5) is 0 Å². The highest BCUT2D eigenvalue weighted by molar-refractivity contribution is 6.03. The van der Waals surface area contributed by atoms with E-state index in [0.717, 1.165) is 5.56 Å².